The fraction of sp³-hybridized carbons (Fsp3) is 0.316. The van der Waals surface area contributed by atoms with Crippen LogP contribution < -0.4 is 10.9 Å². The summed E-state index contributed by atoms with van der Waals surface area (Å²) >= 11 is 0. The van der Waals surface area contributed by atoms with Gasteiger partial charge in [0.25, 0.3) is 5.56 Å². The summed E-state index contributed by atoms with van der Waals surface area (Å²) in [4.78, 5) is 15.4. The van der Waals surface area contributed by atoms with Crippen LogP contribution in [0.2, 0.25) is 0 Å². The number of H-pyrrole nitrogens is 1. The molecule has 1 saturated heterocycles. The molecular formula is C19H21ClN6O. The Morgan fingerprint density at radius 2 is 2.00 bits per heavy atom. The van der Waals surface area contributed by atoms with Crippen LogP contribution in [0.5, 0.6) is 0 Å². The van der Waals surface area contributed by atoms with Crippen LogP contribution in [-0.2, 0) is 7.05 Å². The molecule has 5 rings (SSSR count). The SMILES string of the molecule is Cl.Cn1nccc1-c1cccc2nn3c(C4CCNCC4)cc(=O)[nH]c3c12. The van der Waals surface area contributed by atoms with Gasteiger partial charge in [0, 0.05) is 30.8 Å². The van der Waals surface area contributed by atoms with Gasteiger partial charge in [-0.25, -0.2) is 4.52 Å². The maximum atomic E-state index is 12.4. The fourth-order valence-electron chi connectivity index (χ4n) is 4.05. The lowest BCUT2D eigenvalue weighted by Gasteiger charge is -2.23. The predicted molar refractivity (Wildman–Crippen MR) is 108 cm³/mol. The summed E-state index contributed by atoms with van der Waals surface area (Å²) in [6.45, 7) is 1.94. The number of rotatable bonds is 2. The van der Waals surface area contributed by atoms with Gasteiger partial charge in [0.1, 0.15) is 5.65 Å². The van der Waals surface area contributed by atoms with Crippen molar-refractivity contribution in [1.29, 1.82) is 0 Å². The van der Waals surface area contributed by atoms with Crippen LogP contribution in [-0.4, -0.2) is 37.5 Å². The molecule has 0 atom stereocenters. The van der Waals surface area contributed by atoms with Gasteiger partial charge < -0.3 is 10.3 Å². The van der Waals surface area contributed by atoms with Gasteiger partial charge in [0.2, 0.25) is 0 Å². The Hall–Kier alpha value is -2.64. The summed E-state index contributed by atoms with van der Waals surface area (Å²) in [5.74, 6) is 0.343. The molecule has 0 unspecified atom stereocenters. The number of benzene rings is 1. The van der Waals surface area contributed by atoms with Gasteiger partial charge in [-0.1, -0.05) is 12.1 Å². The van der Waals surface area contributed by atoms with Gasteiger partial charge in [-0.15, -0.1) is 12.4 Å². The van der Waals surface area contributed by atoms with Gasteiger partial charge in [-0.05, 0) is 38.1 Å². The first-order valence-corrected chi connectivity index (χ1v) is 8.96. The number of nitrogens with one attached hydrogen (secondary N) is 2. The zero-order valence-electron chi connectivity index (χ0n) is 15.0. The average Bonchev–Trinajstić information content (AvgIpc) is 3.25. The van der Waals surface area contributed by atoms with Crippen molar-refractivity contribution >= 4 is 29.0 Å². The minimum Gasteiger partial charge on any atom is -0.317 e. The van der Waals surface area contributed by atoms with E-state index in [-0.39, 0.29) is 18.0 Å². The molecular weight excluding hydrogens is 364 g/mol. The molecule has 140 valence electrons. The highest BCUT2D eigenvalue weighted by Gasteiger charge is 2.22. The van der Waals surface area contributed by atoms with E-state index >= 15 is 0 Å². The van der Waals surface area contributed by atoms with Crippen LogP contribution in [0, 0.1) is 0 Å². The zero-order chi connectivity index (χ0) is 17.7. The highest BCUT2D eigenvalue weighted by molar-refractivity contribution is 6.03. The van der Waals surface area contributed by atoms with Crippen molar-refractivity contribution in [2.24, 2.45) is 7.05 Å². The molecule has 8 heteroatoms. The summed E-state index contributed by atoms with van der Waals surface area (Å²) in [5, 5.41) is 13.5. The second kappa shape index (κ2) is 6.83. The van der Waals surface area contributed by atoms with Gasteiger partial charge >= 0.3 is 0 Å². The molecule has 0 spiro atoms. The summed E-state index contributed by atoms with van der Waals surface area (Å²) in [7, 11) is 1.92. The van der Waals surface area contributed by atoms with E-state index in [1.54, 1.807) is 12.3 Å². The smallest absolute Gasteiger partial charge is 0.251 e. The Labute approximate surface area is 161 Å². The van der Waals surface area contributed by atoms with Crippen molar-refractivity contribution in [1.82, 2.24) is 29.7 Å². The Morgan fingerprint density at radius 3 is 2.74 bits per heavy atom. The molecule has 1 fully saturated rings. The minimum absolute atomic E-state index is 0. The molecule has 1 aliphatic rings. The lowest BCUT2D eigenvalue weighted by Crippen LogP contribution is -2.28. The first-order chi connectivity index (χ1) is 12.7. The maximum absolute atomic E-state index is 12.4. The van der Waals surface area contributed by atoms with Gasteiger partial charge in [0.05, 0.1) is 22.3 Å². The molecule has 0 amide bonds. The minimum atomic E-state index is -0.0763. The number of aromatic amines is 1. The Morgan fingerprint density at radius 1 is 1.19 bits per heavy atom. The Bertz CT molecular complexity index is 1170. The Balaban J connectivity index is 0.00000180. The van der Waals surface area contributed by atoms with E-state index in [9.17, 15) is 4.79 Å². The van der Waals surface area contributed by atoms with E-state index in [0.717, 1.165) is 59.4 Å². The number of aryl methyl sites for hydroxylation is 1. The summed E-state index contributed by atoms with van der Waals surface area (Å²) < 4.78 is 3.77. The van der Waals surface area contributed by atoms with E-state index in [1.165, 1.54) is 0 Å². The first kappa shape index (κ1) is 17.8. The number of hydrogen-bond acceptors (Lipinski definition) is 4. The molecule has 27 heavy (non-hydrogen) atoms. The van der Waals surface area contributed by atoms with Crippen molar-refractivity contribution in [2.75, 3.05) is 13.1 Å². The molecule has 4 heterocycles. The number of piperidine rings is 1. The van der Waals surface area contributed by atoms with Crippen LogP contribution in [0.4, 0.5) is 0 Å². The number of hydrogen-bond donors (Lipinski definition) is 2. The van der Waals surface area contributed by atoms with E-state index in [4.69, 9.17) is 5.10 Å². The van der Waals surface area contributed by atoms with E-state index in [1.807, 2.05) is 34.4 Å². The standard InChI is InChI=1S/C19H20N6O.ClH/c1-24-15(7-10-21-24)13-3-2-4-14-18(13)19-22-17(26)11-16(25(19)23-14)12-5-8-20-9-6-12;/h2-4,7,10-12,20H,5-6,8-9H2,1H3,(H,22,26);1H. The van der Waals surface area contributed by atoms with Crippen molar-refractivity contribution in [3.05, 3.63) is 52.6 Å². The third kappa shape index (κ3) is 2.83. The lowest BCUT2D eigenvalue weighted by atomic mass is 9.94. The topological polar surface area (TPSA) is 80.0 Å². The first-order valence-electron chi connectivity index (χ1n) is 8.96. The number of nitrogens with zero attached hydrogens (tertiary/aromatic N) is 4. The average molecular weight is 385 g/mol. The van der Waals surface area contributed by atoms with E-state index in [2.05, 4.69) is 21.5 Å². The largest absolute Gasteiger partial charge is 0.317 e. The molecule has 0 saturated carbocycles. The molecule has 0 radical (unpaired) electrons. The van der Waals surface area contributed by atoms with E-state index < -0.39 is 0 Å². The van der Waals surface area contributed by atoms with Gasteiger partial charge in [-0.2, -0.15) is 10.2 Å². The zero-order valence-corrected chi connectivity index (χ0v) is 15.8. The third-order valence-corrected chi connectivity index (χ3v) is 5.32. The highest BCUT2D eigenvalue weighted by atomic mass is 35.5. The van der Waals surface area contributed by atoms with Gasteiger partial charge in [0.15, 0.2) is 0 Å². The number of halogens is 1. The van der Waals surface area contributed by atoms with Crippen LogP contribution in [0.3, 0.4) is 0 Å². The van der Waals surface area contributed by atoms with E-state index in [0.29, 0.717) is 5.92 Å². The number of aromatic nitrogens is 5. The van der Waals surface area contributed by atoms with Crippen molar-refractivity contribution in [2.45, 2.75) is 18.8 Å². The lowest BCUT2D eigenvalue weighted by molar-refractivity contribution is 0.446. The second-order valence-corrected chi connectivity index (χ2v) is 6.88. The molecule has 3 aromatic heterocycles. The molecule has 7 nitrogen and oxygen atoms in total. The van der Waals surface area contributed by atoms with Crippen molar-refractivity contribution in [3.8, 4) is 11.3 Å². The van der Waals surface area contributed by atoms with Crippen molar-refractivity contribution in [3.63, 3.8) is 0 Å². The normalized spacial score (nSPS) is 15.3. The quantitative estimate of drug-likeness (QED) is 0.556. The summed E-state index contributed by atoms with van der Waals surface area (Å²) in [6, 6.07) is 9.73. The van der Waals surface area contributed by atoms with Crippen LogP contribution in [0.25, 0.3) is 27.8 Å². The molecule has 1 aliphatic heterocycles. The third-order valence-electron chi connectivity index (χ3n) is 5.32. The summed E-state index contributed by atoms with van der Waals surface area (Å²) in [6.07, 6.45) is 3.82. The molecule has 1 aromatic carbocycles. The highest BCUT2D eigenvalue weighted by Crippen LogP contribution is 2.32. The van der Waals surface area contributed by atoms with Crippen molar-refractivity contribution < 1.29 is 0 Å². The predicted octanol–water partition coefficient (Wildman–Crippen LogP) is 2.47. The molecule has 2 N–H and O–H groups in total. The fourth-order valence-corrected chi connectivity index (χ4v) is 4.05. The maximum Gasteiger partial charge on any atom is 0.251 e. The molecule has 4 aromatic rings. The molecule has 0 bridgehead atoms. The Kier molecular flexibility index (Phi) is 4.49. The summed E-state index contributed by atoms with van der Waals surface area (Å²) in [5.41, 5.74) is 4.58. The number of fused-ring (bicyclic) bond motifs is 3. The van der Waals surface area contributed by atoms with Gasteiger partial charge in [-0.3, -0.25) is 9.48 Å². The van der Waals surface area contributed by atoms with Crippen LogP contribution >= 0.6 is 12.4 Å². The van der Waals surface area contributed by atoms with Crippen LogP contribution in [0.1, 0.15) is 24.5 Å². The molecule has 0 aliphatic carbocycles. The monoisotopic (exact) mass is 384 g/mol. The van der Waals surface area contributed by atoms with Crippen LogP contribution in [0.15, 0.2) is 41.3 Å². The second-order valence-electron chi connectivity index (χ2n) is 6.88.